The van der Waals surface area contributed by atoms with E-state index in [4.69, 9.17) is 0 Å². The first-order valence-corrected chi connectivity index (χ1v) is 6.99. The molecule has 0 bridgehead atoms. The van der Waals surface area contributed by atoms with Gasteiger partial charge in [0.05, 0.1) is 0 Å². The minimum absolute atomic E-state index is 0.156. The van der Waals surface area contributed by atoms with E-state index >= 15 is 0 Å². The zero-order valence-corrected chi connectivity index (χ0v) is 11.6. The van der Waals surface area contributed by atoms with Gasteiger partial charge in [-0.3, -0.25) is 4.79 Å². The summed E-state index contributed by atoms with van der Waals surface area (Å²) < 4.78 is 2.02. The van der Waals surface area contributed by atoms with Crippen LogP contribution in [0.2, 0.25) is 0 Å². The van der Waals surface area contributed by atoms with Crippen LogP contribution in [0.1, 0.15) is 16.8 Å². The first-order valence-electron chi connectivity index (χ1n) is 6.99. The summed E-state index contributed by atoms with van der Waals surface area (Å²) in [4.78, 5) is 16.5. The van der Waals surface area contributed by atoms with Crippen LogP contribution in [-0.2, 0) is 6.54 Å². The average Bonchev–Trinajstić information content (AvgIpc) is 3.03. The minimum atomic E-state index is 0.156. The van der Waals surface area contributed by atoms with Gasteiger partial charge in [0.15, 0.2) is 5.78 Å². The maximum atomic E-state index is 12.2. The van der Waals surface area contributed by atoms with E-state index in [2.05, 4.69) is 4.98 Å². The fourth-order valence-corrected chi connectivity index (χ4v) is 2.33. The largest absolute Gasteiger partial charge is 0.331 e. The van der Waals surface area contributed by atoms with Crippen LogP contribution in [0.5, 0.6) is 0 Å². The van der Waals surface area contributed by atoms with Gasteiger partial charge >= 0.3 is 0 Å². The zero-order chi connectivity index (χ0) is 14.5. The van der Waals surface area contributed by atoms with Gasteiger partial charge in [-0.05, 0) is 0 Å². The van der Waals surface area contributed by atoms with Crippen molar-refractivity contribution in [1.82, 2.24) is 9.55 Å². The first-order chi connectivity index (χ1) is 10.3. The molecule has 104 valence electrons. The number of carbonyl (C=O) groups is 1. The number of benzene rings is 2. The molecule has 21 heavy (non-hydrogen) atoms. The van der Waals surface area contributed by atoms with Gasteiger partial charge in [0.2, 0.25) is 0 Å². The van der Waals surface area contributed by atoms with Crippen LogP contribution in [0.4, 0.5) is 0 Å². The fraction of sp³-hybridized carbons (Fsp3) is 0.111. The molecule has 1 heterocycles. The summed E-state index contributed by atoms with van der Waals surface area (Å²) in [5.74, 6) is 1.06. The summed E-state index contributed by atoms with van der Waals surface area (Å²) in [6, 6.07) is 19.4. The molecule has 0 saturated carbocycles. The van der Waals surface area contributed by atoms with Crippen molar-refractivity contribution in [2.24, 2.45) is 0 Å². The third-order valence-electron chi connectivity index (χ3n) is 3.42. The Hall–Kier alpha value is -2.68. The SMILES string of the molecule is O=C(CCn1ccnc1-c1ccccc1)c1ccccc1. The van der Waals surface area contributed by atoms with Gasteiger partial charge in [0.25, 0.3) is 0 Å². The predicted molar refractivity (Wildman–Crippen MR) is 83.1 cm³/mol. The van der Waals surface area contributed by atoms with E-state index in [9.17, 15) is 4.79 Å². The third kappa shape index (κ3) is 3.08. The summed E-state index contributed by atoms with van der Waals surface area (Å²) in [6.07, 6.45) is 4.16. The normalized spacial score (nSPS) is 10.5. The van der Waals surface area contributed by atoms with Crippen molar-refractivity contribution >= 4 is 5.78 Å². The summed E-state index contributed by atoms with van der Waals surface area (Å²) >= 11 is 0. The summed E-state index contributed by atoms with van der Waals surface area (Å²) in [5.41, 5.74) is 1.83. The van der Waals surface area contributed by atoms with Crippen LogP contribution >= 0.6 is 0 Å². The van der Waals surface area contributed by atoms with Gasteiger partial charge in [-0.1, -0.05) is 60.7 Å². The molecule has 2 aromatic carbocycles. The molecule has 3 rings (SSSR count). The molecule has 0 N–H and O–H groups in total. The zero-order valence-electron chi connectivity index (χ0n) is 11.6. The molecule has 0 aliphatic carbocycles. The summed E-state index contributed by atoms with van der Waals surface area (Å²) in [6.45, 7) is 0.637. The van der Waals surface area contributed by atoms with E-state index < -0.39 is 0 Å². The third-order valence-corrected chi connectivity index (χ3v) is 3.42. The topological polar surface area (TPSA) is 34.9 Å². The number of carbonyl (C=O) groups excluding carboxylic acids is 1. The van der Waals surface area contributed by atoms with Crippen LogP contribution in [0.15, 0.2) is 73.1 Å². The van der Waals surface area contributed by atoms with Gasteiger partial charge in [-0.2, -0.15) is 0 Å². The lowest BCUT2D eigenvalue weighted by molar-refractivity contribution is 0.0977. The maximum absolute atomic E-state index is 12.2. The maximum Gasteiger partial charge on any atom is 0.164 e. The molecule has 0 spiro atoms. The lowest BCUT2D eigenvalue weighted by Gasteiger charge is -2.07. The van der Waals surface area contributed by atoms with Crippen LogP contribution in [-0.4, -0.2) is 15.3 Å². The molecule has 0 atom stereocenters. The molecule has 1 aromatic heterocycles. The molecule has 0 unspecified atom stereocenters. The Bertz CT molecular complexity index is 717. The monoisotopic (exact) mass is 276 g/mol. The van der Waals surface area contributed by atoms with E-state index in [0.717, 1.165) is 17.0 Å². The predicted octanol–water partition coefficient (Wildman–Crippen LogP) is 3.82. The highest BCUT2D eigenvalue weighted by Crippen LogP contribution is 2.17. The van der Waals surface area contributed by atoms with Gasteiger partial charge < -0.3 is 4.57 Å². The molecule has 3 heteroatoms. The second-order valence-electron chi connectivity index (χ2n) is 4.85. The highest BCUT2D eigenvalue weighted by molar-refractivity contribution is 5.95. The molecular weight excluding hydrogens is 260 g/mol. The van der Waals surface area contributed by atoms with Crippen LogP contribution in [0.3, 0.4) is 0 Å². The van der Waals surface area contributed by atoms with Crippen molar-refractivity contribution in [1.29, 1.82) is 0 Å². The second-order valence-corrected chi connectivity index (χ2v) is 4.85. The Kier molecular flexibility index (Phi) is 3.92. The highest BCUT2D eigenvalue weighted by Gasteiger charge is 2.09. The van der Waals surface area contributed by atoms with E-state index in [1.54, 1.807) is 6.20 Å². The van der Waals surface area contributed by atoms with Gasteiger partial charge in [-0.25, -0.2) is 4.98 Å². The average molecular weight is 276 g/mol. The molecule has 0 amide bonds. The molecule has 0 radical (unpaired) electrons. The smallest absolute Gasteiger partial charge is 0.164 e. The highest BCUT2D eigenvalue weighted by atomic mass is 16.1. The van der Waals surface area contributed by atoms with Crippen molar-refractivity contribution in [2.75, 3.05) is 0 Å². The van der Waals surface area contributed by atoms with E-state index in [1.807, 2.05) is 71.4 Å². The van der Waals surface area contributed by atoms with Crippen molar-refractivity contribution < 1.29 is 4.79 Å². The second kappa shape index (κ2) is 6.18. The number of hydrogen-bond donors (Lipinski definition) is 0. The van der Waals surface area contributed by atoms with Crippen LogP contribution in [0, 0.1) is 0 Å². The quantitative estimate of drug-likeness (QED) is 0.664. The number of rotatable bonds is 5. The van der Waals surface area contributed by atoms with Gasteiger partial charge in [-0.15, -0.1) is 0 Å². The number of Topliss-reactive ketones (excluding diaryl/α,β-unsaturated/α-hetero) is 1. The van der Waals surface area contributed by atoms with Crippen molar-refractivity contribution in [3.05, 3.63) is 78.6 Å². The van der Waals surface area contributed by atoms with E-state index in [-0.39, 0.29) is 5.78 Å². The molecule has 3 nitrogen and oxygen atoms in total. The standard InChI is InChI=1S/C18H16N2O/c21-17(15-7-3-1-4-8-15)11-13-20-14-12-19-18(20)16-9-5-2-6-10-16/h1-10,12,14H,11,13H2. The number of nitrogens with zero attached hydrogens (tertiary/aromatic N) is 2. The van der Waals surface area contributed by atoms with Crippen molar-refractivity contribution in [2.45, 2.75) is 13.0 Å². The molecule has 0 saturated heterocycles. The number of imidazole rings is 1. The Morgan fingerprint density at radius 3 is 2.33 bits per heavy atom. The number of ketones is 1. The molecule has 0 aliphatic rings. The van der Waals surface area contributed by atoms with Crippen LogP contribution < -0.4 is 0 Å². The molecule has 3 aromatic rings. The Morgan fingerprint density at radius 1 is 0.952 bits per heavy atom. The fourth-order valence-electron chi connectivity index (χ4n) is 2.33. The van der Waals surface area contributed by atoms with E-state index in [0.29, 0.717) is 13.0 Å². The van der Waals surface area contributed by atoms with Gasteiger partial charge in [0, 0.05) is 36.5 Å². The molecular formula is C18H16N2O. The first kappa shape index (κ1) is 13.3. The lowest BCUT2D eigenvalue weighted by Crippen LogP contribution is -2.06. The molecule has 0 aliphatic heterocycles. The van der Waals surface area contributed by atoms with Gasteiger partial charge in [0.1, 0.15) is 5.82 Å². The number of hydrogen-bond acceptors (Lipinski definition) is 2. The Morgan fingerprint density at radius 2 is 1.62 bits per heavy atom. The van der Waals surface area contributed by atoms with Crippen molar-refractivity contribution in [3.8, 4) is 11.4 Å². The van der Waals surface area contributed by atoms with E-state index in [1.165, 1.54) is 0 Å². The molecule has 0 fully saturated rings. The minimum Gasteiger partial charge on any atom is -0.331 e. The Labute approximate surface area is 123 Å². The summed E-state index contributed by atoms with van der Waals surface area (Å²) in [7, 11) is 0. The number of aromatic nitrogens is 2. The summed E-state index contributed by atoms with van der Waals surface area (Å²) in [5, 5.41) is 0. The Balaban J connectivity index is 1.73. The number of aryl methyl sites for hydroxylation is 1. The lowest BCUT2D eigenvalue weighted by atomic mass is 10.1. The van der Waals surface area contributed by atoms with Crippen LogP contribution in [0.25, 0.3) is 11.4 Å². The van der Waals surface area contributed by atoms with Crippen molar-refractivity contribution in [3.63, 3.8) is 0 Å².